The molecule has 1 saturated heterocycles. The molecule has 2 N–H and O–H groups in total. The molecule has 0 radical (unpaired) electrons. The number of halogens is 2. The molecule has 5 nitrogen and oxygen atoms in total. The lowest BCUT2D eigenvalue weighted by molar-refractivity contribution is -0.149. The predicted molar refractivity (Wildman–Crippen MR) is 73.7 cm³/mol. The van der Waals surface area contributed by atoms with Crippen LogP contribution in [0.1, 0.15) is 18.4 Å². The van der Waals surface area contributed by atoms with Gasteiger partial charge in [0.1, 0.15) is 5.82 Å². The molecule has 0 saturated carbocycles. The van der Waals surface area contributed by atoms with Crippen molar-refractivity contribution < 1.29 is 23.8 Å². The number of hydrogen-bond acceptors (Lipinski definition) is 3. The molecule has 2 atom stereocenters. The summed E-state index contributed by atoms with van der Waals surface area (Å²) in [4.78, 5) is 22.5. The average molecular weight is 316 g/mol. The number of ether oxygens (including phenoxy) is 1. The first-order valence-corrected chi connectivity index (χ1v) is 6.93. The molecule has 0 aliphatic carbocycles. The van der Waals surface area contributed by atoms with Gasteiger partial charge in [0.05, 0.1) is 12.5 Å². The molecular weight excluding hydrogens is 301 g/mol. The van der Waals surface area contributed by atoms with Crippen LogP contribution in [0.5, 0.6) is 0 Å². The Balaban J connectivity index is 1.82. The number of nitrogens with one attached hydrogen (secondary N) is 1. The number of benzene rings is 1. The third kappa shape index (κ3) is 4.15. The molecule has 1 heterocycles. The van der Waals surface area contributed by atoms with Crippen LogP contribution < -0.4 is 5.32 Å². The Bertz CT molecular complexity index is 532. The number of aliphatic carboxylic acids is 1. The van der Waals surface area contributed by atoms with E-state index in [1.165, 1.54) is 18.2 Å². The van der Waals surface area contributed by atoms with Gasteiger partial charge in [0.15, 0.2) is 6.10 Å². The Morgan fingerprint density at radius 2 is 2.19 bits per heavy atom. The molecule has 1 aliphatic rings. The van der Waals surface area contributed by atoms with Gasteiger partial charge in [-0.25, -0.2) is 9.18 Å². The van der Waals surface area contributed by atoms with Gasteiger partial charge in [0, 0.05) is 17.1 Å². The highest BCUT2D eigenvalue weighted by atomic mass is 35.5. The smallest absolute Gasteiger partial charge is 0.332 e. The Morgan fingerprint density at radius 1 is 1.43 bits per heavy atom. The number of carboxylic acids is 1. The highest BCUT2D eigenvalue weighted by Gasteiger charge is 2.30. The molecular formula is C14H15ClFNO4. The Hall–Kier alpha value is -1.66. The van der Waals surface area contributed by atoms with Crippen LogP contribution in [0.4, 0.5) is 4.39 Å². The molecule has 1 aromatic carbocycles. The van der Waals surface area contributed by atoms with Crippen LogP contribution in [0.15, 0.2) is 18.2 Å². The largest absolute Gasteiger partial charge is 0.479 e. The minimum absolute atomic E-state index is 0.146. The van der Waals surface area contributed by atoms with Gasteiger partial charge in [0.2, 0.25) is 5.91 Å². The van der Waals surface area contributed by atoms with Gasteiger partial charge in [-0.2, -0.15) is 0 Å². The quantitative estimate of drug-likeness (QED) is 0.868. The lowest BCUT2D eigenvalue weighted by Gasteiger charge is -2.13. The molecule has 2 unspecified atom stereocenters. The molecule has 7 heteroatoms. The number of carbonyl (C=O) groups excluding carboxylic acids is 1. The molecule has 21 heavy (non-hydrogen) atoms. The van der Waals surface area contributed by atoms with Crippen LogP contribution in [-0.2, 0) is 20.7 Å². The second kappa shape index (κ2) is 6.87. The summed E-state index contributed by atoms with van der Waals surface area (Å²) in [7, 11) is 0. The summed E-state index contributed by atoms with van der Waals surface area (Å²) in [6.45, 7) is 0.203. The summed E-state index contributed by atoms with van der Waals surface area (Å²) < 4.78 is 18.8. The molecule has 0 bridgehead atoms. The summed E-state index contributed by atoms with van der Waals surface area (Å²) >= 11 is 5.84. The van der Waals surface area contributed by atoms with Crippen LogP contribution in [-0.4, -0.2) is 35.7 Å². The second-order valence-corrected chi connectivity index (χ2v) is 5.25. The van der Waals surface area contributed by atoms with E-state index in [-0.39, 0.29) is 35.6 Å². The van der Waals surface area contributed by atoms with Crippen molar-refractivity contribution in [1.82, 2.24) is 5.32 Å². The van der Waals surface area contributed by atoms with Gasteiger partial charge in [0.25, 0.3) is 0 Å². The zero-order valence-corrected chi connectivity index (χ0v) is 11.9. The Kier molecular flexibility index (Phi) is 5.14. The lowest BCUT2D eigenvalue weighted by atomic mass is 10.1. The summed E-state index contributed by atoms with van der Waals surface area (Å²) in [5, 5.41) is 11.6. The maximum atomic E-state index is 13.5. The van der Waals surface area contributed by atoms with E-state index in [0.29, 0.717) is 12.8 Å². The van der Waals surface area contributed by atoms with E-state index >= 15 is 0 Å². The fourth-order valence-corrected chi connectivity index (χ4v) is 2.42. The summed E-state index contributed by atoms with van der Waals surface area (Å²) in [5.41, 5.74) is 0.146. The molecule has 0 spiro atoms. The molecule has 0 aromatic heterocycles. The Morgan fingerprint density at radius 3 is 2.81 bits per heavy atom. The summed E-state index contributed by atoms with van der Waals surface area (Å²) in [5.74, 6) is -1.91. The van der Waals surface area contributed by atoms with Gasteiger partial charge >= 0.3 is 5.97 Å². The molecule has 114 valence electrons. The van der Waals surface area contributed by atoms with Crippen LogP contribution in [0, 0.1) is 5.82 Å². The first-order valence-electron chi connectivity index (χ1n) is 6.55. The SMILES string of the molecule is O=C(Cc1c(F)cccc1Cl)NCC1CCC(C(=O)O)O1. The molecule has 1 aliphatic heterocycles. The van der Waals surface area contributed by atoms with E-state index in [1.807, 2.05) is 0 Å². The van der Waals surface area contributed by atoms with E-state index in [4.69, 9.17) is 21.4 Å². The molecule has 1 amide bonds. The van der Waals surface area contributed by atoms with E-state index in [0.717, 1.165) is 0 Å². The van der Waals surface area contributed by atoms with Crippen molar-refractivity contribution >= 4 is 23.5 Å². The lowest BCUT2D eigenvalue weighted by Crippen LogP contribution is -2.34. The molecule has 2 rings (SSSR count). The van der Waals surface area contributed by atoms with Crippen molar-refractivity contribution in [2.24, 2.45) is 0 Å². The van der Waals surface area contributed by atoms with Crippen LogP contribution in [0.3, 0.4) is 0 Å². The fraction of sp³-hybridized carbons (Fsp3) is 0.429. The topological polar surface area (TPSA) is 75.6 Å². The Labute approximate surface area is 126 Å². The van der Waals surface area contributed by atoms with Crippen molar-refractivity contribution in [2.75, 3.05) is 6.54 Å². The molecule has 1 aromatic rings. The van der Waals surface area contributed by atoms with E-state index in [9.17, 15) is 14.0 Å². The van der Waals surface area contributed by atoms with E-state index in [2.05, 4.69) is 5.32 Å². The van der Waals surface area contributed by atoms with Crippen molar-refractivity contribution in [3.63, 3.8) is 0 Å². The number of carbonyl (C=O) groups is 2. The maximum absolute atomic E-state index is 13.5. The van der Waals surface area contributed by atoms with Gasteiger partial charge in [-0.3, -0.25) is 4.79 Å². The maximum Gasteiger partial charge on any atom is 0.332 e. The van der Waals surface area contributed by atoms with Crippen molar-refractivity contribution in [2.45, 2.75) is 31.5 Å². The fourth-order valence-electron chi connectivity index (χ4n) is 2.19. The predicted octanol–water partition coefficient (Wildman–Crippen LogP) is 1.77. The number of hydrogen-bond donors (Lipinski definition) is 2. The minimum Gasteiger partial charge on any atom is -0.479 e. The van der Waals surface area contributed by atoms with E-state index < -0.39 is 17.9 Å². The zero-order chi connectivity index (χ0) is 15.4. The average Bonchev–Trinajstić information content (AvgIpc) is 2.90. The van der Waals surface area contributed by atoms with Crippen LogP contribution in [0.2, 0.25) is 5.02 Å². The van der Waals surface area contributed by atoms with Crippen molar-refractivity contribution in [3.05, 3.63) is 34.6 Å². The van der Waals surface area contributed by atoms with E-state index in [1.54, 1.807) is 0 Å². The first-order chi connectivity index (χ1) is 9.97. The van der Waals surface area contributed by atoms with Gasteiger partial charge in [-0.15, -0.1) is 0 Å². The number of amides is 1. The first kappa shape index (κ1) is 15.7. The molecule has 1 fully saturated rings. The third-order valence-corrected chi connectivity index (χ3v) is 3.66. The number of carboxylic acid groups (broad SMARTS) is 1. The number of rotatable bonds is 5. The normalized spacial score (nSPS) is 21.2. The van der Waals surface area contributed by atoms with Gasteiger partial charge in [-0.1, -0.05) is 17.7 Å². The van der Waals surface area contributed by atoms with Crippen LogP contribution >= 0.6 is 11.6 Å². The third-order valence-electron chi connectivity index (χ3n) is 3.31. The summed E-state index contributed by atoms with van der Waals surface area (Å²) in [6, 6.07) is 4.23. The standard InChI is InChI=1S/C14H15ClFNO4/c15-10-2-1-3-11(16)9(10)6-13(18)17-7-8-4-5-12(21-8)14(19)20/h1-3,8,12H,4-7H2,(H,17,18)(H,19,20). The van der Waals surface area contributed by atoms with Gasteiger partial charge in [-0.05, 0) is 25.0 Å². The van der Waals surface area contributed by atoms with Gasteiger partial charge < -0.3 is 15.2 Å². The van der Waals surface area contributed by atoms with Crippen molar-refractivity contribution in [1.29, 1.82) is 0 Å². The minimum atomic E-state index is -0.998. The summed E-state index contributed by atoms with van der Waals surface area (Å²) in [6.07, 6.45) is -0.313. The highest BCUT2D eigenvalue weighted by Crippen LogP contribution is 2.20. The second-order valence-electron chi connectivity index (χ2n) is 4.84. The van der Waals surface area contributed by atoms with Crippen LogP contribution in [0.25, 0.3) is 0 Å². The monoisotopic (exact) mass is 315 g/mol. The zero-order valence-electron chi connectivity index (χ0n) is 11.1. The highest BCUT2D eigenvalue weighted by molar-refractivity contribution is 6.31. The van der Waals surface area contributed by atoms with Crippen molar-refractivity contribution in [3.8, 4) is 0 Å².